The summed E-state index contributed by atoms with van der Waals surface area (Å²) in [4.78, 5) is 11.9. The van der Waals surface area contributed by atoms with Crippen LogP contribution in [0.5, 0.6) is 0 Å². The van der Waals surface area contributed by atoms with Crippen molar-refractivity contribution in [2.24, 2.45) is 5.92 Å². The smallest absolute Gasteiger partial charge is 0.322 e. The van der Waals surface area contributed by atoms with Crippen molar-refractivity contribution in [2.75, 3.05) is 11.9 Å². The molecule has 0 bridgehead atoms. The number of rotatable bonds is 3. The van der Waals surface area contributed by atoms with Gasteiger partial charge in [-0.1, -0.05) is 12.0 Å². The molecule has 0 radical (unpaired) electrons. The monoisotopic (exact) mass is 236 g/mol. The Morgan fingerprint density at radius 2 is 2.24 bits per heavy atom. The first-order valence-electron chi connectivity index (χ1n) is 6.11. The topological polar surface area (TPSA) is 80.0 Å². The van der Waals surface area contributed by atoms with Gasteiger partial charge in [-0.05, 0) is 31.7 Å². The van der Waals surface area contributed by atoms with Crippen LogP contribution >= 0.6 is 0 Å². The second-order valence-corrected chi connectivity index (χ2v) is 4.91. The van der Waals surface area contributed by atoms with Gasteiger partial charge in [-0.2, -0.15) is 0 Å². The first-order chi connectivity index (χ1) is 8.24. The van der Waals surface area contributed by atoms with Crippen LogP contribution in [0.15, 0.2) is 4.42 Å². The molecule has 1 amide bonds. The zero-order valence-corrected chi connectivity index (χ0v) is 9.77. The first kappa shape index (κ1) is 10.7. The van der Waals surface area contributed by atoms with Crippen molar-refractivity contribution < 1.29 is 9.21 Å². The highest BCUT2D eigenvalue weighted by atomic mass is 16.4. The Hall–Kier alpha value is -1.43. The standard InChI is InChI=1S/C11H16N4O2/c1-6-4-5-12-8(6)9(16)13-11-15-14-10(17-11)7-2-3-7/h6-8,12H,2-5H2,1H3,(H,13,15,16). The highest BCUT2D eigenvalue weighted by Crippen LogP contribution is 2.39. The molecule has 1 aromatic rings. The van der Waals surface area contributed by atoms with E-state index >= 15 is 0 Å². The van der Waals surface area contributed by atoms with Gasteiger partial charge < -0.3 is 9.73 Å². The maximum Gasteiger partial charge on any atom is 0.322 e. The molecule has 2 N–H and O–H groups in total. The second kappa shape index (κ2) is 4.10. The van der Waals surface area contributed by atoms with Gasteiger partial charge in [-0.3, -0.25) is 10.1 Å². The number of nitrogens with one attached hydrogen (secondary N) is 2. The van der Waals surface area contributed by atoms with Crippen molar-refractivity contribution in [1.29, 1.82) is 0 Å². The van der Waals surface area contributed by atoms with Crippen molar-refractivity contribution in [1.82, 2.24) is 15.5 Å². The average molecular weight is 236 g/mol. The Morgan fingerprint density at radius 1 is 1.41 bits per heavy atom. The average Bonchev–Trinajstić information content (AvgIpc) is 2.90. The van der Waals surface area contributed by atoms with Crippen LogP contribution in [0.2, 0.25) is 0 Å². The molecule has 1 saturated carbocycles. The van der Waals surface area contributed by atoms with Crippen molar-refractivity contribution in [3.63, 3.8) is 0 Å². The summed E-state index contributed by atoms with van der Waals surface area (Å²) in [6.45, 7) is 2.95. The number of hydrogen-bond acceptors (Lipinski definition) is 5. The molecular weight excluding hydrogens is 220 g/mol. The highest BCUT2D eigenvalue weighted by molar-refractivity contribution is 5.93. The lowest BCUT2D eigenvalue weighted by atomic mass is 10.0. The van der Waals surface area contributed by atoms with Gasteiger partial charge in [0.15, 0.2) is 0 Å². The number of nitrogens with zero attached hydrogens (tertiary/aromatic N) is 2. The summed E-state index contributed by atoms with van der Waals surface area (Å²) in [5.74, 6) is 1.33. The van der Waals surface area contributed by atoms with Gasteiger partial charge in [0.1, 0.15) is 0 Å². The van der Waals surface area contributed by atoms with Crippen LogP contribution in [0.4, 0.5) is 6.01 Å². The molecule has 6 nitrogen and oxygen atoms in total. The van der Waals surface area contributed by atoms with Gasteiger partial charge in [-0.25, -0.2) is 0 Å². The Morgan fingerprint density at radius 3 is 2.88 bits per heavy atom. The Kier molecular flexibility index (Phi) is 2.58. The number of amides is 1. The van der Waals surface area contributed by atoms with Gasteiger partial charge in [0.05, 0.1) is 6.04 Å². The summed E-state index contributed by atoms with van der Waals surface area (Å²) < 4.78 is 5.39. The summed E-state index contributed by atoms with van der Waals surface area (Å²) in [5, 5.41) is 13.6. The fourth-order valence-corrected chi connectivity index (χ4v) is 2.15. The van der Waals surface area contributed by atoms with Crippen molar-refractivity contribution in [2.45, 2.75) is 38.1 Å². The van der Waals surface area contributed by atoms with E-state index in [9.17, 15) is 4.79 Å². The lowest BCUT2D eigenvalue weighted by Gasteiger charge is -2.13. The number of anilines is 1. The Labute approximate surface area is 99.2 Å². The van der Waals surface area contributed by atoms with Gasteiger partial charge in [0.25, 0.3) is 0 Å². The predicted octanol–water partition coefficient (Wildman–Crippen LogP) is 0.883. The molecule has 92 valence electrons. The van der Waals surface area contributed by atoms with E-state index in [1.54, 1.807) is 0 Å². The van der Waals surface area contributed by atoms with Crippen LogP contribution in [0.25, 0.3) is 0 Å². The molecule has 3 rings (SSSR count). The van der Waals surface area contributed by atoms with Crippen molar-refractivity contribution in [3.8, 4) is 0 Å². The van der Waals surface area contributed by atoms with E-state index < -0.39 is 0 Å². The van der Waals surface area contributed by atoms with E-state index in [2.05, 4.69) is 27.8 Å². The minimum atomic E-state index is -0.147. The third kappa shape index (κ3) is 2.17. The van der Waals surface area contributed by atoms with Gasteiger partial charge in [0.2, 0.25) is 11.8 Å². The fourth-order valence-electron chi connectivity index (χ4n) is 2.15. The van der Waals surface area contributed by atoms with Crippen molar-refractivity contribution in [3.05, 3.63) is 5.89 Å². The fraction of sp³-hybridized carbons (Fsp3) is 0.727. The van der Waals surface area contributed by atoms with E-state index in [0.717, 1.165) is 25.8 Å². The quantitative estimate of drug-likeness (QED) is 0.814. The van der Waals surface area contributed by atoms with E-state index in [4.69, 9.17) is 4.42 Å². The van der Waals surface area contributed by atoms with Crippen LogP contribution in [0.1, 0.15) is 38.0 Å². The normalized spacial score (nSPS) is 28.3. The van der Waals surface area contributed by atoms with E-state index in [-0.39, 0.29) is 18.0 Å². The number of hydrogen-bond donors (Lipinski definition) is 2. The van der Waals surface area contributed by atoms with Gasteiger partial charge >= 0.3 is 6.01 Å². The van der Waals surface area contributed by atoms with Crippen molar-refractivity contribution >= 4 is 11.9 Å². The van der Waals surface area contributed by atoms with Gasteiger partial charge in [-0.15, -0.1) is 5.10 Å². The van der Waals surface area contributed by atoms with Crippen LogP contribution < -0.4 is 10.6 Å². The summed E-state index contributed by atoms with van der Waals surface area (Å²) in [6, 6.07) is 0.0732. The number of carbonyl (C=O) groups is 1. The molecule has 2 unspecified atom stereocenters. The van der Waals surface area contributed by atoms with Crippen LogP contribution in [0, 0.1) is 5.92 Å². The maximum absolute atomic E-state index is 11.9. The SMILES string of the molecule is CC1CCNC1C(=O)Nc1nnc(C2CC2)o1. The molecule has 0 aromatic carbocycles. The molecule has 2 heterocycles. The van der Waals surface area contributed by atoms with E-state index in [0.29, 0.717) is 17.7 Å². The molecule has 1 aliphatic heterocycles. The maximum atomic E-state index is 11.9. The van der Waals surface area contributed by atoms with Crippen LogP contribution in [-0.2, 0) is 4.79 Å². The van der Waals surface area contributed by atoms with Gasteiger partial charge in [0, 0.05) is 5.92 Å². The molecule has 2 atom stereocenters. The first-order valence-corrected chi connectivity index (χ1v) is 6.11. The lowest BCUT2D eigenvalue weighted by molar-refractivity contribution is -0.118. The number of aromatic nitrogens is 2. The third-order valence-corrected chi connectivity index (χ3v) is 3.41. The summed E-state index contributed by atoms with van der Waals surface area (Å²) in [7, 11) is 0. The predicted molar refractivity (Wildman–Crippen MR) is 60.5 cm³/mol. The Balaban J connectivity index is 1.63. The molecule has 2 fully saturated rings. The molecule has 1 saturated heterocycles. The molecular formula is C11H16N4O2. The van der Waals surface area contributed by atoms with Crippen LogP contribution in [-0.4, -0.2) is 28.7 Å². The lowest BCUT2D eigenvalue weighted by Crippen LogP contribution is -2.39. The zero-order chi connectivity index (χ0) is 11.8. The van der Waals surface area contributed by atoms with E-state index in [1.165, 1.54) is 0 Å². The Bertz CT molecular complexity index is 427. The minimum absolute atomic E-state index is 0.0824. The number of carbonyl (C=O) groups excluding carboxylic acids is 1. The molecule has 6 heteroatoms. The minimum Gasteiger partial charge on any atom is -0.408 e. The summed E-state index contributed by atoms with van der Waals surface area (Å²) in [5.41, 5.74) is 0. The molecule has 17 heavy (non-hydrogen) atoms. The molecule has 0 spiro atoms. The molecule has 2 aliphatic rings. The largest absolute Gasteiger partial charge is 0.408 e. The summed E-state index contributed by atoms with van der Waals surface area (Å²) in [6.07, 6.45) is 3.24. The van der Waals surface area contributed by atoms with Crippen LogP contribution in [0.3, 0.4) is 0 Å². The second-order valence-electron chi connectivity index (χ2n) is 4.91. The third-order valence-electron chi connectivity index (χ3n) is 3.41. The van der Waals surface area contributed by atoms with E-state index in [1.807, 2.05) is 0 Å². The summed E-state index contributed by atoms with van der Waals surface area (Å²) >= 11 is 0. The molecule has 1 aliphatic carbocycles. The molecule has 1 aromatic heterocycles. The highest BCUT2D eigenvalue weighted by Gasteiger charge is 2.32. The zero-order valence-electron chi connectivity index (χ0n) is 9.77.